The Balaban J connectivity index is 1.57. The molecule has 1 aromatic heterocycles. The summed E-state index contributed by atoms with van der Waals surface area (Å²) in [5.74, 6) is 0.957. The van der Waals surface area contributed by atoms with E-state index < -0.39 is 0 Å². The highest BCUT2D eigenvalue weighted by molar-refractivity contribution is 5.92. The van der Waals surface area contributed by atoms with E-state index in [1.54, 1.807) is 18.1 Å². The molecule has 0 unspecified atom stereocenters. The lowest BCUT2D eigenvalue weighted by atomic mass is 9.71. The van der Waals surface area contributed by atoms with Crippen LogP contribution in [-0.4, -0.2) is 53.4 Å². The fraction of sp³-hybridized carbons (Fsp3) is 0.727. The Morgan fingerprint density at radius 1 is 1.11 bits per heavy atom. The summed E-state index contributed by atoms with van der Waals surface area (Å²) in [6.07, 6.45) is 6.06. The number of carbonyl (C=O) groups excluding carboxylic acids is 1. The van der Waals surface area contributed by atoms with Gasteiger partial charge in [0.15, 0.2) is 5.89 Å². The molecule has 0 aromatic carbocycles. The topological polar surface area (TPSA) is 49.6 Å². The van der Waals surface area contributed by atoms with Crippen molar-refractivity contribution in [2.24, 2.45) is 5.41 Å². The van der Waals surface area contributed by atoms with Gasteiger partial charge in [-0.2, -0.15) is 0 Å². The lowest BCUT2D eigenvalue weighted by Gasteiger charge is -2.35. The van der Waals surface area contributed by atoms with Gasteiger partial charge >= 0.3 is 0 Å². The molecular formula is C22H35N3O2. The Morgan fingerprint density at radius 2 is 1.89 bits per heavy atom. The van der Waals surface area contributed by atoms with E-state index in [1.165, 1.54) is 19.3 Å². The highest BCUT2D eigenvalue weighted by atomic mass is 16.4. The number of amides is 1. The molecule has 1 amide bonds. The molecule has 1 aliphatic heterocycles. The first-order valence-electron chi connectivity index (χ1n) is 10.4. The first-order valence-corrected chi connectivity index (χ1v) is 10.4. The lowest BCUT2D eigenvalue weighted by molar-refractivity contribution is 0.0727. The minimum absolute atomic E-state index is 0.0121. The molecule has 27 heavy (non-hydrogen) atoms. The summed E-state index contributed by atoms with van der Waals surface area (Å²) in [5, 5.41) is 0. The quantitative estimate of drug-likeness (QED) is 0.736. The highest BCUT2D eigenvalue weighted by Gasteiger charge is 2.29. The van der Waals surface area contributed by atoms with Crippen LogP contribution in [0, 0.1) is 19.3 Å². The van der Waals surface area contributed by atoms with Gasteiger partial charge in [-0.05, 0) is 57.9 Å². The van der Waals surface area contributed by atoms with E-state index in [1.807, 2.05) is 11.8 Å². The summed E-state index contributed by atoms with van der Waals surface area (Å²) in [6, 6.07) is 0. The predicted octanol–water partition coefficient (Wildman–Crippen LogP) is 4.36. The largest absolute Gasteiger partial charge is 0.436 e. The van der Waals surface area contributed by atoms with Gasteiger partial charge in [-0.15, -0.1) is 0 Å². The molecule has 0 saturated carbocycles. The number of allylic oxidation sites excluding steroid dienone is 1. The van der Waals surface area contributed by atoms with Crippen LogP contribution in [0.15, 0.2) is 15.6 Å². The molecule has 150 valence electrons. The summed E-state index contributed by atoms with van der Waals surface area (Å²) < 4.78 is 5.54. The average Bonchev–Trinajstić information content (AvgIpc) is 2.80. The van der Waals surface area contributed by atoms with Gasteiger partial charge in [0.25, 0.3) is 5.91 Å². The normalized spacial score (nSPS) is 21.4. The highest BCUT2D eigenvalue weighted by Crippen LogP contribution is 2.41. The van der Waals surface area contributed by atoms with E-state index in [-0.39, 0.29) is 5.91 Å². The molecule has 2 heterocycles. The van der Waals surface area contributed by atoms with E-state index in [0.717, 1.165) is 45.6 Å². The van der Waals surface area contributed by atoms with Crippen molar-refractivity contribution in [3.8, 4) is 0 Å². The van der Waals surface area contributed by atoms with Gasteiger partial charge in [0.2, 0.25) is 5.76 Å². The van der Waals surface area contributed by atoms with Crippen LogP contribution in [0.3, 0.4) is 0 Å². The van der Waals surface area contributed by atoms with Crippen molar-refractivity contribution in [3.63, 3.8) is 0 Å². The van der Waals surface area contributed by atoms with Crippen molar-refractivity contribution in [1.29, 1.82) is 0 Å². The van der Waals surface area contributed by atoms with Gasteiger partial charge in [0, 0.05) is 33.1 Å². The van der Waals surface area contributed by atoms with Crippen LogP contribution in [0.25, 0.3) is 0 Å². The lowest BCUT2D eigenvalue weighted by Crippen LogP contribution is -2.36. The maximum absolute atomic E-state index is 12.8. The third kappa shape index (κ3) is 4.63. The van der Waals surface area contributed by atoms with Gasteiger partial charge in [-0.1, -0.05) is 25.0 Å². The van der Waals surface area contributed by atoms with Gasteiger partial charge in [-0.3, -0.25) is 4.79 Å². The smallest absolute Gasteiger partial charge is 0.291 e. The van der Waals surface area contributed by atoms with E-state index in [4.69, 9.17) is 4.42 Å². The van der Waals surface area contributed by atoms with E-state index in [0.29, 0.717) is 22.8 Å². The van der Waals surface area contributed by atoms with Gasteiger partial charge in [0.1, 0.15) is 0 Å². The molecule has 0 spiro atoms. The molecule has 1 aliphatic carbocycles. The number of carbonyl (C=O) groups is 1. The van der Waals surface area contributed by atoms with Crippen LogP contribution in [0.5, 0.6) is 0 Å². The number of hydrogen-bond donors (Lipinski definition) is 0. The van der Waals surface area contributed by atoms with Crippen molar-refractivity contribution in [1.82, 2.24) is 14.8 Å². The Bertz CT molecular complexity index is 717. The van der Waals surface area contributed by atoms with E-state index >= 15 is 0 Å². The zero-order valence-electron chi connectivity index (χ0n) is 17.7. The number of hydrogen-bond acceptors (Lipinski definition) is 4. The third-order valence-electron chi connectivity index (χ3n) is 6.34. The molecule has 1 saturated heterocycles. The molecule has 0 atom stereocenters. The summed E-state index contributed by atoms with van der Waals surface area (Å²) in [5.41, 5.74) is 4.31. The number of aryl methyl sites for hydroxylation is 2. The van der Waals surface area contributed by atoms with Crippen molar-refractivity contribution < 1.29 is 9.21 Å². The maximum atomic E-state index is 12.8. The third-order valence-corrected chi connectivity index (χ3v) is 6.34. The van der Waals surface area contributed by atoms with E-state index in [9.17, 15) is 4.79 Å². The predicted molar refractivity (Wildman–Crippen MR) is 108 cm³/mol. The van der Waals surface area contributed by atoms with Crippen LogP contribution < -0.4 is 0 Å². The zero-order valence-corrected chi connectivity index (χ0v) is 17.7. The molecule has 2 aliphatic rings. The number of aromatic nitrogens is 1. The number of rotatable bonds is 4. The van der Waals surface area contributed by atoms with Crippen LogP contribution in [0.1, 0.15) is 75.0 Å². The Labute approximate surface area is 163 Å². The number of oxazole rings is 1. The minimum Gasteiger partial charge on any atom is -0.436 e. The summed E-state index contributed by atoms with van der Waals surface area (Å²) >= 11 is 0. The summed E-state index contributed by atoms with van der Waals surface area (Å²) in [6.45, 7) is 15.4. The summed E-state index contributed by atoms with van der Waals surface area (Å²) in [4.78, 5) is 21.5. The molecular weight excluding hydrogens is 338 g/mol. The van der Waals surface area contributed by atoms with Crippen molar-refractivity contribution in [2.45, 2.75) is 66.7 Å². The maximum Gasteiger partial charge on any atom is 0.291 e. The SMILES string of the molecule is CC1=C(CCN2CCCN(C(=O)c3oc(C)nc3C)CC2)C(C)(C)CCC1. The molecule has 3 rings (SSSR count). The standard InChI is InChI=1S/C22H35N3O2/c1-16-8-6-10-22(4,5)19(16)9-13-24-11-7-12-25(15-14-24)21(26)20-17(2)23-18(3)27-20/h6-15H2,1-5H3. The Kier molecular flexibility index (Phi) is 6.09. The molecule has 0 N–H and O–H groups in total. The molecule has 5 nitrogen and oxygen atoms in total. The fourth-order valence-electron chi connectivity index (χ4n) is 4.77. The molecule has 5 heteroatoms. The first-order chi connectivity index (χ1) is 12.8. The van der Waals surface area contributed by atoms with Crippen LogP contribution in [0.2, 0.25) is 0 Å². The second-order valence-electron chi connectivity index (χ2n) is 8.88. The van der Waals surface area contributed by atoms with Crippen molar-refractivity contribution in [3.05, 3.63) is 28.5 Å². The summed E-state index contributed by atoms with van der Waals surface area (Å²) in [7, 11) is 0. The van der Waals surface area contributed by atoms with Crippen molar-refractivity contribution in [2.75, 3.05) is 32.7 Å². The molecule has 0 radical (unpaired) electrons. The van der Waals surface area contributed by atoms with Gasteiger partial charge < -0.3 is 14.2 Å². The number of nitrogens with zero attached hydrogens (tertiary/aromatic N) is 3. The minimum atomic E-state index is -0.0121. The van der Waals surface area contributed by atoms with Crippen LogP contribution in [-0.2, 0) is 0 Å². The van der Waals surface area contributed by atoms with Crippen LogP contribution in [0.4, 0.5) is 0 Å². The molecule has 1 fully saturated rings. The van der Waals surface area contributed by atoms with Crippen molar-refractivity contribution >= 4 is 5.91 Å². The Hall–Kier alpha value is -1.62. The van der Waals surface area contributed by atoms with Gasteiger partial charge in [-0.25, -0.2) is 4.98 Å². The first kappa shape index (κ1) is 20.1. The monoisotopic (exact) mass is 373 g/mol. The molecule has 0 bridgehead atoms. The zero-order chi connectivity index (χ0) is 19.6. The molecule has 1 aromatic rings. The Morgan fingerprint density at radius 3 is 2.56 bits per heavy atom. The van der Waals surface area contributed by atoms with Gasteiger partial charge in [0.05, 0.1) is 5.69 Å². The second-order valence-corrected chi connectivity index (χ2v) is 8.88. The van der Waals surface area contributed by atoms with E-state index in [2.05, 4.69) is 30.7 Å². The second kappa shape index (κ2) is 8.17. The van der Waals surface area contributed by atoms with Crippen LogP contribution >= 0.6 is 0 Å². The fourth-order valence-corrected chi connectivity index (χ4v) is 4.77. The average molecular weight is 374 g/mol.